The van der Waals surface area contributed by atoms with E-state index in [2.05, 4.69) is 18.5 Å². The standard InChI is InChI=1S/C24H26N2O4/c1-3-15-26(16-4-2)22(27)18-30-24(29)21(17-19-11-7-5-8-12-19)25-23(28)20-13-9-6-10-14-20/h3-14,21H,1-2,15-18H2,(H,25,28). The number of benzene rings is 2. The lowest BCUT2D eigenvalue weighted by molar-refractivity contribution is -0.153. The molecular formula is C24H26N2O4. The highest BCUT2D eigenvalue weighted by atomic mass is 16.5. The molecule has 1 unspecified atom stereocenters. The third-order valence-corrected chi connectivity index (χ3v) is 4.30. The van der Waals surface area contributed by atoms with Crippen molar-refractivity contribution in [3.8, 4) is 0 Å². The van der Waals surface area contributed by atoms with Gasteiger partial charge in [0.05, 0.1) is 0 Å². The number of nitrogens with one attached hydrogen (secondary N) is 1. The van der Waals surface area contributed by atoms with Gasteiger partial charge < -0.3 is 15.0 Å². The van der Waals surface area contributed by atoms with E-state index in [0.29, 0.717) is 18.7 Å². The SMILES string of the molecule is C=CCN(CC=C)C(=O)COC(=O)C(Cc1ccccc1)NC(=O)c1ccccc1. The van der Waals surface area contributed by atoms with Gasteiger partial charge in [-0.25, -0.2) is 4.79 Å². The average Bonchev–Trinajstić information content (AvgIpc) is 2.78. The molecule has 0 fully saturated rings. The van der Waals surface area contributed by atoms with E-state index in [1.54, 1.807) is 42.5 Å². The third kappa shape index (κ3) is 7.05. The van der Waals surface area contributed by atoms with Gasteiger partial charge in [0, 0.05) is 25.1 Å². The first-order chi connectivity index (χ1) is 14.5. The van der Waals surface area contributed by atoms with Gasteiger partial charge in [-0.3, -0.25) is 9.59 Å². The summed E-state index contributed by atoms with van der Waals surface area (Å²) in [6.07, 6.45) is 3.42. The van der Waals surface area contributed by atoms with Crippen molar-refractivity contribution in [2.24, 2.45) is 0 Å². The second-order valence-corrected chi connectivity index (χ2v) is 6.57. The van der Waals surface area contributed by atoms with Gasteiger partial charge in [0.2, 0.25) is 0 Å². The molecule has 156 valence electrons. The highest BCUT2D eigenvalue weighted by Crippen LogP contribution is 2.07. The average molecular weight is 406 g/mol. The van der Waals surface area contributed by atoms with E-state index in [1.165, 1.54) is 4.90 Å². The van der Waals surface area contributed by atoms with Crippen molar-refractivity contribution in [3.05, 3.63) is 97.1 Å². The molecule has 1 N–H and O–H groups in total. The summed E-state index contributed by atoms with van der Waals surface area (Å²) in [6.45, 7) is 7.44. The van der Waals surface area contributed by atoms with E-state index in [-0.39, 0.29) is 18.2 Å². The Kier molecular flexibility index (Phi) is 9.06. The number of hydrogen-bond donors (Lipinski definition) is 1. The van der Waals surface area contributed by atoms with Gasteiger partial charge in [0.1, 0.15) is 6.04 Å². The molecule has 0 spiro atoms. The topological polar surface area (TPSA) is 75.7 Å². The van der Waals surface area contributed by atoms with Crippen LogP contribution < -0.4 is 5.32 Å². The Hall–Kier alpha value is -3.67. The second kappa shape index (κ2) is 12.0. The summed E-state index contributed by atoms with van der Waals surface area (Å²) in [7, 11) is 0. The van der Waals surface area contributed by atoms with Gasteiger partial charge in [-0.1, -0.05) is 60.7 Å². The van der Waals surface area contributed by atoms with Crippen LogP contribution in [0.15, 0.2) is 86.0 Å². The fourth-order valence-electron chi connectivity index (χ4n) is 2.79. The molecular weight excluding hydrogens is 380 g/mol. The van der Waals surface area contributed by atoms with Crippen molar-refractivity contribution in [2.45, 2.75) is 12.5 Å². The number of carbonyl (C=O) groups is 3. The molecule has 6 nitrogen and oxygen atoms in total. The van der Waals surface area contributed by atoms with Crippen molar-refractivity contribution >= 4 is 17.8 Å². The first-order valence-corrected chi connectivity index (χ1v) is 9.61. The fraction of sp³-hybridized carbons (Fsp3) is 0.208. The van der Waals surface area contributed by atoms with E-state index >= 15 is 0 Å². The number of ether oxygens (including phenoxy) is 1. The lowest BCUT2D eigenvalue weighted by atomic mass is 10.1. The minimum Gasteiger partial charge on any atom is -0.454 e. The van der Waals surface area contributed by atoms with Gasteiger partial charge in [-0.2, -0.15) is 0 Å². The molecule has 0 aliphatic rings. The number of esters is 1. The molecule has 0 bridgehead atoms. The van der Waals surface area contributed by atoms with Gasteiger partial charge in [-0.05, 0) is 17.7 Å². The molecule has 0 aliphatic carbocycles. The van der Waals surface area contributed by atoms with E-state index in [1.807, 2.05) is 30.3 Å². The van der Waals surface area contributed by atoms with Crippen LogP contribution in [0.3, 0.4) is 0 Å². The van der Waals surface area contributed by atoms with Gasteiger partial charge in [-0.15, -0.1) is 13.2 Å². The lowest BCUT2D eigenvalue weighted by Gasteiger charge is -2.21. The zero-order valence-electron chi connectivity index (χ0n) is 16.8. The zero-order valence-corrected chi connectivity index (χ0v) is 16.8. The molecule has 0 aliphatic heterocycles. The van der Waals surface area contributed by atoms with Crippen molar-refractivity contribution < 1.29 is 19.1 Å². The van der Waals surface area contributed by atoms with E-state index in [9.17, 15) is 14.4 Å². The molecule has 2 amide bonds. The van der Waals surface area contributed by atoms with Crippen LogP contribution in [0.25, 0.3) is 0 Å². The monoisotopic (exact) mass is 406 g/mol. The Morgan fingerprint density at radius 2 is 1.50 bits per heavy atom. The molecule has 6 heteroatoms. The minimum atomic E-state index is -0.930. The Morgan fingerprint density at radius 3 is 2.07 bits per heavy atom. The van der Waals surface area contributed by atoms with E-state index in [0.717, 1.165) is 5.56 Å². The Labute approximate surface area is 176 Å². The zero-order chi connectivity index (χ0) is 21.8. The van der Waals surface area contributed by atoms with Crippen LogP contribution in [0.4, 0.5) is 0 Å². The largest absolute Gasteiger partial charge is 0.454 e. The molecule has 1 atom stereocenters. The number of rotatable bonds is 11. The number of nitrogens with zero attached hydrogens (tertiary/aromatic N) is 1. The van der Waals surface area contributed by atoms with Crippen molar-refractivity contribution in [1.82, 2.24) is 10.2 Å². The van der Waals surface area contributed by atoms with Gasteiger partial charge in [0.15, 0.2) is 6.61 Å². The summed E-state index contributed by atoms with van der Waals surface area (Å²) >= 11 is 0. The predicted molar refractivity (Wildman–Crippen MR) is 116 cm³/mol. The first-order valence-electron chi connectivity index (χ1n) is 9.61. The summed E-state index contributed by atoms with van der Waals surface area (Å²) in [5, 5.41) is 2.71. The lowest BCUT2D eigenvalue weighted by Crippen LogP contribution is -2.44. The highest BCUT2D eigenvalue weighted by Gasteiger charge is 2.25. The van der Waals surface area contributed by atoms with Gasteiger partial charge in [0.25, 0.3) is 11.8 Å². The quantitative estimate of drug-likeness (QED) is 0.460. The van der Waals surface area contributed by atoms with Crippen molar-refractivity contribution in [2.75, 3.05) is 19.7 Å². The molecule has 0 saturated heterocycles. The molecule has 2 rings (SSSR count). The maximum Gasteiger partial charge on any atom is 0.329 e. The predicted octanol–water partition coefficient (Wildman–Crippen LogP) is 2.77. The van der Waals surface area contributed by atoms with Crippen molar-refractivity contribution in [1.29, 1.82) is 0 Å². The number of amides is 2. The summed E-state index contributed by atoms with van der Waals surface area (Å²) in [6, 6.07) is 17.0. The third-order valence-electron chi connectivity index (χ3n) is 4.30. The van der Waals surface area contributed by atoms with Crippen LogP contribution in [0.5, 0.6) is 0 Å². The van der Waals surface area contributed by atoms with Gasteiger partial charge >= 0.3 is 5.97 Å². The maximum absolute atomic E-state index is 12.7. The summed E-state index contributed by atoms with van der Waals surface area (Å²) in [5.74, 6) is -1.43. The Morgan fingerprint density at radius 1 is 0.933 bits per heavy atom. The maximum atomic E-state index is 12.7. The van der Waals surface area contributed by atoms with E-state index in [4.69, 9.17) is 4.74 Å². The number of hydrogen-bond acceptors (Lipinski definition) is 4. The fourth-order valence-corrected chi connectivity index (χ4v) is 2.79. The van der Waals surface area contributed by atoms with Crippen molar-refractivity contribution in [3.63, 3.8) is 0 Å². The van der Waals surface area contributed by atoms with Crippen LogP contribution in [0, 0.1) is 0 Å². The summed E-state index contributed by atoms with van der Waals surface area (Å²) < 4.78 is 5.24. The molecule has 0 aromatic heterocycles. The second-order valence-electron chi connectivity index (χ2n) is 6.57. The van der Waals surface area contributed by atoms with Crippen LogP contribution in [-0.2, 0) is 20.7 Å². The van der Waals surface area contributed by atoms with Crippen LogP contribution >= 0.6 is 0 Å². The smallest absolute Gasteiger partial charge is 0.329 e. The molecule has 0 radical (unpaired) electrons. The Balaban J connectivity index is 2.07. The highest BCUT2D eigenvalue weighted by molar-refractivity contribution is 5.97. The Bertz CT molecular complexity index is 855. The summed E-state index contributed by atoms with van der Waals surface area (Å²) in [5.41, 5.74) is 1.29. The first kappa shape index (κ1) is 22.6. The van der Waals surface area contributed by atoms with E-state index < -0.39 is 18.6 Å². The van der Waals surface area contributed by atoms with Crippen LogP contribution in [0.2, 0.25) is 0 Å². The molecule has 0 heterocycles. The molecule has 0 saturated carbocycles. The molecule has 30 heavy (non-hydrogen) atoms. The molecule has 2 aromatic carbocycles. The molecule has 2 aromatic rings. The van der Waals surface area contributed by atoms with Crippen LogP contribution in [0.1, 0.15) is 15.9 Å². The number of carbonyl (C=O) groups excluding carboxylic acids is 3. The minimum absolute atomic E-state index is 0.246. The normalized spacial score (nSPS) is 11.1. The summed E-state index contributed by atoms with van der Waals surface area (Å²) in [4.78, 5) is 39.0. The van der Waals surface area contributed by atoms with Crippen LogP contribution in [-0.4, -0.2) is 48.4 Å².